The van der Waals surface area contributed by atoms with E-state index in [1.165, 1.54) is 23.1 Å². The van der Waals surface area contributed by atoms with Gasteiger partial charge < -0.3 is 16.4 Å². The Balaban J connectivity index is 1.81. The standard InChI is InChI=1S/C14H15N5O2S2/c1-2-7-16-13-18-19-14(23-13)22-8-11(20)17-10-5-3-9(4-6-10)12(15)21/h2-6H,1,7-8H2,(H2,15,21)(H,16,18)(H,17,20). The van der Waals surface area contributed by atoms with Gasteiger partial charge in [-0.25, -0.2) is 0 Å². The molecule has 2 amide bonds. The first-order valence-corrected chi connectivity index (χ1v) is 8.39. The summed E-state index contributed by atoms with van der Waals surface area (Å²) in [5, 5.41) is 14.4. The fourth-order valence-electron chi connectivity index (χ4n) is 1.54. The summed E-state index contributed by atoms with van der Waals surface area (Å²) in [7, 11) is 0. The molecule has 0 radical (unpaired) electrons. The average molecular weight is 349 g/mol. The summed E-state index contributed by atoms with van der Waals surface area (Å²) in [6, 6.07) is 6.39. The Morgan fingerprint density at radius 2 is 2.04 bits per heavy atom. The first kappa shape index (κ1) is 17.0. The predicted octanol–water partition coefficient (Wildman–Crippen LogP) is 1.97. The molecule has 23 heavy (non-hydrogen) atoms. The summed E-state index contributed by atoms with van der Waals surface area (Å²) in [6.07, 6.45) is 1.73. The topological polar surface area (TPSA) is 110 Å². The van der Waals surface area contributed by atoms with Gasteiger partial charge in [-0.3, -0.25) is 9.59 Å². The summed E-state index contributed by atoms with van der Waals surface area (Å²) >= 11 is 2.68. The van der Waals surface area contributed by atoms with Crippen molar-refractivity contribution >= 4 is 45.7 Å². The molecule has 1 aromatic heterocycles. The Morgan fingerprint density at radius 3 is 2.70 bits per heavy atom. The van der Waals surface area contributed by atoms with Crippen molar-refractivity contribution in [3.05, 3.63) is 42.5 Å². The molecule has 0 aliphatic carbocycles. The molecule has 0 aliphatic rings. The van der Waals surface area contributed by atoms with E-state index in [0.29, 0.717) is 27.3 Å². The highest BCUT2D eigenvalue weighted by Crippen LogP contribution is 2.25. The molecule has 0 aliphatic heterocycles. The van der Waals surface area contributed by atoms with Crippen molar-refractivity contribution in [2.45, 2.75) is 4.34 Å². The van der Waals surface area contributed by atoms with Crippen molar-refractivity contribution < 1.29 is 9.59 Å². The highest BCUT2D eigenvalue weighted by molar-refractivity contribution is 8.01. The third-order valence-corrected chi connectivity index (χ3v) is 4.60. The molecule has 1 heterocycles. The Bertz CT molecular complexity index is 699. The molecule has 120 valence electrons. The van der Waals surface area contributed by atoms with Gasteiger partial charge in [-0.05, 0) is 24.3 Å². The van der Waals surface area contributed by atoms with Crippen LogP contribution in [0.25, 0.3) is 0 Å². The van der Waals surface area contributed by atoms with Gasteiger partial charge >= 0.3 is 0 Å². The van der Waals surface area contributed by atoms with Gasteiger partial charge in [0.2, 0.25) is 16.9 Å². The molecule has 9 heteroatoms. The Kier molecular flexibility index (Phi) is 6.12. The third-order valence-electron chi connectivity index (χ3n) is 2.58. The fraction of sp³-hybridized carbons (Fsp3) is 0.143. The molecule has 0 unspecified atom stereocenters. The average Bonchev–Trinajstić information content (AvgIpc) is 2.99. The first-order chi connectivity index (χ1) is 11.1. The molecule has 1 aromatic carbocycles. The molecule has 0 saturated heterocycles. The monoisotopic (exact) mass is 349 g/mol. The van der Waals surface area contributed by atoms with Crippen LogP contribution in [-0.2, 0) is 4.79 Å². The van der Waals surface area contributed by atoms with Gasteiger partial charge in [0.1, 0.15) is 0 Å². The molecule has 2 aromatic rings. The van der Waals surface area contributed by atoms with Crippen molar-refractivity contribution in [2.24, 2.45) is 5.73 Å². The Hall–Kier alpha value is -2.39. The number of primary amides is 1. The maximum atomic E-state index is 11.9. The second-order valence-corrected chi connectivity index (χ2v) is 6.52. The number of aromatic nitrogens is 2. The zero-order valence-electron chi connectivity index (χ0n) is 12.1. The zero-order chi connectivity index (χ0) is 16.7. The molecule has 0 saturated carbocycles. The number of thioether (sulfide) groups is 1. The van der Waals surface area contributed by atoms with Gasteiger partial charge in [0.15, 0.2) is 4.34 Å². The van der Waals surface area contributed by atoms with Crippen LogP contribution < -0.4 is 16.4 Å². The summed E-state index contributed by atoms with van der Waals surface area (Å²) < 4.78 is 0.704. The second-order valence-electron chi connectivity index (χ2n) is 4.32. The van der Waals surface area contributed by atoms with Gasteiger partial charge in [-0.2, -0.15) is 0 Å². The molecular formula is C14H15N5O2S2. The number of hydrogen-bond acceptors (Lipinski definition) is 7. The Morgan fingerprint density at radius 1 is 1.30 bits per heavy atom. The van der Waals surface area contributed by atoms with Crippen LogP contribution in [0, 0.1) is 0 Å². The SMILES string of the molecule is C=CCNc1nnc(SCC(=O)Nc2ccc(C(N)=O)cc2)s1. The molecule has 0 fully saturated rings. The van der Waals surface area contributed by atoms with Crippen molar-refractivity contribution in [1.29, 1.82) is 0 Å². The van der Waals surface area contributed by atoms with Crippen LogP contribution in [0.3, 0.4) is 0 Å². The van der Waals surface area contributed by atoms with Gasteiger partial charge in [-0.15, -0.1) is 16.8 Å². The molecule has 0 bridgehead atoms. The number of nitrogens with two attached hydrogens (primary N) is 1. The highest BCUT2D eigenvalue weighted by atomic mass is 32.2. The van der Waals surface area contributed by atoms with Crippen molar-refractivity contribution in [3.63, 3.8) is 0 Å². The number of rotatable bonds is 8. The van der Waals surface area contributed by atoms with Gasteiger partial charge in [0.05, 0.1) is 5.75 Å². The van der Waals surface area contributed by atoms with E-state index in [4.69, 9.17) is 5.73 Å². The summed E-state index contributed by atoms with van der Waals surface area (Å²) in [6.45, 7) is 4.22. The molecule has 7 nitrogen and oxygen atoms in total. The van der Waals surface area contributed by atoms with E-state index < -0.39 is 5.91 Å². The van der Waals surface area contributed by atoms with Crippen molar-refractivity contribution in [2.75, 3.05) is 22.9 Å². The van der Waals surface area contributed by atoms with Crippen LogP contribution in [0.1, 0.15) is 10.4 Å². The van der Waals surface area contributed by atoms with E-state index in [1.54, 1.807) is 30.3 Å². The molecular weight excluding hydrogens is 334 g/mol. The lowest BCUT2D eigenvalue weighted by atomic mass is 10.2. The van der Waals surface area contributed by atoms with E-state index in [1.807, 2.05) is 0 Å². The number of carbonyl (C=O) groups excluding carboxylic acids is 2. The van der Waals surface area contributed by atoms with E-state index in [2.05, 4.69) is 27.4 Å². The largest absolute Gasteiger partial charge is 0.366 e. The minimum Gasteiger partial charge on any atom is -0.366 e. The molecule has 0 spiro atoms. The summed E-state index contributed by atoms with van der Waals surface area (Å²) in [5.74, 6) is -0.457. The second kappa shape index (κ2) is 8.30. The third kappa shape index (κ3) is 5.38. The van der Waals surface area contributed by atoms with Crippen LogP contribution >= 0.6 is 23.1 Å². The predicted molar refractivity (Wildman–Crippen MR) is 92.9 cm³/mol. The molecule has 0 atom stereocenters. The van der Waals surface area contributed by atoms with Crippen molar-refractivity contribution in [1.82, 2.24) is 10.2 Å². The fourth-order valence-corrected chi connectivity index (χ4v) is 3.10. The van der Waals surface area contributed by atoms with E-state index >= 15 is 0 Å². The minimum atomic E-state index is -0.504. The molecule has 4 N–H and O–H groups in total. The lowest BCUT2D eigenvalue weighted by molar-refractivity contribution is -0.113. The Labute approximate surface area is 141 Å². The lowest BCUT2D eigenvalue weighted by Crippen LogP contribution is -2.14. The minimum absolute atomic E-state index is 0.169. The zero-order valence-corrected chi connectivity index (χ0v) is 13.7. The number of nitrogens with zero attached hydrogens (tertiary/aromatic N) is 2. The van der Waals surface area contributed by atoms with Gasteiger partial charge in [0, 0.05) is 17.8 Å². The van der Waals surface area contributed by atoms with E-state index in [9.17, 15) is 9.59 Å². The number of anilines is 2. The van der Waals surface area contributed by atoms with E-state index in [-0.39, 0.29) is 11.7 Å². The van der Waals surface area contributed by atoms with Crippen molar-refractivity contribution in [3.8, 4) is 0 Å². The number of amides is 2. The number of nitrogens with one attached hydrogen (secondary N) is 2. The van der Waals surface area contributed by atoms with E-state index in [0.717, 1.165) is 0 Å². The lowest BCUT2D eigenvalue weighted by Gasteiger charge is -2.04. The van der Waals surface area contributed by atoms with Crippen LogP contribution in [0.4, 0.5) is 10.8 Å². The molecule has 2 rings (SSSR count). The maximum Gasteiger partial charge on any atom is 0.248 e. The van der Waals surface area contributed by atoms with Gasteiger partial charge in [-0.1, -0.05) is 29.2 Å². The summed E-state index contributed by atoms with van der Waals surface area (Å²) in [4.78, 5) is 22.9. The van der Waals surface area contributed by atoms with Crippen LogP contribution in [0.5, 0.6) is 0 Å². The number of benzene rings is 1. The van der Waals surface area contributed by atoms with Crippen LogP contribution in [-0.4, -0.2) is 34.3 Å². The van der Waals surface area contributed by atoms with Crippen LogP contribution in [0.2, 0.25) is 0 Å². The first-order valence-electron chi connectivity index (χ1n) is 6.59. The number of hydrogen-bond donors (Lipinski definition) is 3. The highest BCUT2D eigenvalue weighted by Gasteiger charge is 2.08. The quantitative estimate of drug-likeness (QED) is 0.496. The maximum absolute atomic E-state index is 11.9. The summed E-state index contributed by atoms with van der Waals surface area (Å²) in [5.41, 5.74) is 6.15. The number of carbonyl (C=O) groups is 2. The van der Waals surface area contributed by atoms with Gasteiger partial charge in [0.25, 0.3) is 0 Å². The van der Waals surface area contributed by atoms with Crippen LogP contribution in [0.15, 0.2) is 41.3 Å². The normalized spacial score (nSPS) is 10.1. The smallest absolute Gasteiger partial charge is 0.248 e.